The van der Waals surface area contributed by atoms with Crippen LogP contribution in [0.1, 0.15) is 46.0 Å². The van der Waals surface area contributed by atoms with Crippen molar-refractivity contribution in [2.45, 2.75) is 56.5 Å². The Bertz CT molecular complexity index is 194. The van der Waals surface area contributed by atoms with E-state index in [2.05, 4.69) is 6.92 Å². The molecule has 2 nitrogen and oxygen atoms in total. The second kappa shape index (κ2) is 5.86. The van der Waals surface area contributed by atoms with Crippen molar-refractivity contribution in [3.63, 3.8) is 0 Å². The van der Waals surface area contributed by atoms with Gasteiger partial charge < -0.3 is 5.11 Å². The maximum Gasteiger partial charge on any atom is 0.0621 e. The summed E-state index contributed by atoms with van der Waals surface area (Å²) in [5.74, 6) is 0.512. The third-order valence-corrected chi connectivity index (χ3v) is 5.49. The molecule has 4 atom stereocenters. The van der Waals surface area contributed by atoms with E-state index in [1.165, 1.54) is 25.7 Å². The molecule has 0 spiro atoms. The fraction of sp³-hybridized carbons (Fsp3) is 1.00. The molecular formula is C11H22O2S. The lowest BCUT2D eigenvalue weighted by molar-refractivity contribution is 0.236. The molecule has 0 amide bonds. The molecule has 0 saturated carbocycles. The summed E-state index contributed by atoms with van der Waals surface area (Å²) in [7, 11) is -0.762. The van der Waals surface area contributed by atoms with E-state index in [0.717, 1.165) is 6.42 Å². The van der Waals surface area contributed by atoms with Gasteiger partial charge >= 0.3 is 0 Å². The second-order valence-electron chi connectivity index (χ2n) is 4.27. The predicted molar refractivity (Wildman–Crippen MR) is 60.7 cm³/mol. The van der Waals surface area contributed by atoms with Crippen LogP contribution in [-0.4, -0.2) is 26.4 Å². The van der Waals surface area contributed by atoms with Crippen LogP contribution in [0.25, 0.3) is 0 Å². The SMILES string of the molecule is CCCCCC[C@@H]1[C@H](C)S(=O)[C@H]1CO. The van der Waals surface area contributed by atoms with E-state index in [0.29, 0.717) is 11.2 Å². The molecule has 14 heavy (non-hydrogen) atoms. The lowest BCUT2D eigenvalue weighted by atomic mass is 9.93. The van der Waals surface area contributed by atoms with Crippen LogP contribution < -0.4 is 0 Å². The van der Waals surface area contributed by atoms with Crippen molar-refractivity contribution in [3.05, 3.63) is 0 Å². The molecule has 0 radical (unpaired) electrons. The average molecular weight is 218 g/mol. The molecule has 0 aromatic carbocycles. The zero-order chi connectivity index (χ0) is 10.6. The Hall–Kier alpha value is 0.110. The van der Waals surface area contributed by atoms with Gasteiger partial charge in [-0.25, -0.2) is 0 Å². The highest BCUT2D eigenvalue weighted by molar-refractivity contribution is 7.87. The Morgan fingerprint density at radius 2 is 2.00 bits per heavy atom. The molecule has 1 saturated heterocycles. The molecule has 0 aromatic rings. The Morgan fingerprint density at radius 1 is 1.29 bits per heavy atom. The highest BCUT2D eigenvalue weighted by Crippen LogP contribution is 2.35. The lowest BCUT2D eigenvalue weighted by Gasteiger charge is -2.41. The minimum atomic E-state index is -0.762. The summed E-state index contributed by atoms with van der Waals surface area (Å²) in [4.78, 5) is 0. The molecule has 1 unspecified atom stereocenters. The first-order chi connectivity index (χ1) is 6.72. The summed E-state index contributed by atoms with van der Waals surface area (Å²) in [6, 6.07) is 0. The number of rotatable bonds is 6. The molecule has 0 aliphatic carbocycles. The molecule has 1 fully saturated rings. The fourth-order valence-corrected chi connectivity index (χ4v) is 4.08. The maximum atomic E-state index is 11.4. The number of hydrogen-bond acceptors (Lipinski definition) is 2. The van der Waals surface area contributed by atoms with Crippen molar-refractivity contribution in [3.8, 4) is 0 Å². The molecule has 1 heterocycles. The average Bonchev–Trinajstić information content (AvgIpc) is 2.21. The first kappa shape index (κ1) is 12.2. The maximum absolute atomic E-state index is 11.4. The number of hydrogen-bond donors (Lipinski definition) is 1. The minimum absolute atomic E-state index is 0.0756. The first-order valence-corrected chi connectivity index (χ1v) is 7.00. The smallest absolute Gasteiger partial charge is 0.0621 e. The van der Waals surface area contributed by atoms with Crippen molar-refractivity contribution in [1.29, 1.82) is 0 Å². The van der Waals surface area contributed by atoms with Gasteiger partial charge in [0.15, 0.2) is 0 Å². The highest BCUT2D eigenvalue weighted by atomic mass is 32.2. The van der Waals surface area contributed by atoms with Crippen LogP contribution in [-0.2, 0) is 10.8 Å². The molecular weight excluding hydrogens is 196 g/mol. The van der Waals surface area contributed by atoms with Gasteiger partial charge in [-0.05, 0) is 12.3 Å². The van der Waals surface area contributed by atoms with Crippen LogP contribution in [0.5, 0.6) is 0 Å². The van der Waals surface area contributed by atoms with Crippen molar-refractivity contribution in [2.75, 3.05) is 6.61 Å². The van der Waals surface area contributed by atoms with Gasteiger partial charge in [0.2, 0.25) is 0 Å². The van der Waals surface area contributed by atoms with Crippen LogP contribution in [0, 0.1) is 5.92 Å². The third-order valence-electron chi connectivity index (χ3n) is 3.32. The van der Waals surface area contributed by atoms with Crippen molar-refractivity contribution >= 4 is 10.8 Å². The van der Waals surface area contributed by atoms with E-state index < -0.39 is 10.8 Å². The number of aliphatic hydroxyl groups is 1. The molecule has 0 bridgehead atoms. The summed E-state index contributed by atoms with van der Waals surface area (Å²) in [5, 5.41) is 9.44. The zero-order valence-electron chi connectivity index (χ0n) is 9.24. The molecule has 1 rings (SSSR count). The summed E-state index contributed by atoms with van der Waals surface area (Å²) in [6.45, 7) is 4.36. The van der Waals surface area contributed by atoms with Crippen LogP contribution in [0.2, 0.25) is 0 Å². The highest BCUT2D eigenvalue weighted by Gasteiger charge is 2.44. The lowest BCUT2D eigenvalue weighted by Crippen LogP contribution is -2.51. The van der Waals surface area contributed by atoms with Gasteiger partial charge in [-0.15, -0.1) is 0 Å². The molecule has 1 aliphatic rings. The zero-order valence-corrected chi connectivity index (χ0v) is 10.1. The Balaban J connectivity index is 2.20. The summed E-state index contributed by atoms with van der Waals surface area (Å²) < 4.78 is 11.4. The van der Waals surface area contributed by atoms with Gasteiger partial charge in [-0.1, -0.05) is 39.5 Å². The molecule has 3 heteroatoms. The first-order valence-electron chi connectivity index (χ1n) is 5.72. The predicted octanol–water partition coefficient (Wildman–Crippen LogP) is 2.08. The normalized spacial score (nSPS) is 36.8. The minimum Gasteiger partial charge on any atom is -0.395 e. The largest absolute Gasteiger partial charge is 0.395 e. The van der Waals surface area contributed by atoms with Crippen LogP contribution >= 0.6 is 0 Å². The molecule has 84 valence electrons. The standard InChI is InChI=1S/C11H22O2S/c1-3-4-5-6-7-10-9(2)14(13)11(10)8-12/h9-12H,3-8H2,1-2H3/t9-,10+,11-,14?/m0/s1. The molecule has 1 N–H and O–H groups in total. The van der Waals surface area contributed by atoms with Crippen LogP contribution in [0.3, 0.4) is 0 Å². The summed E-state index contributed by atoms with van der Waals surface area (Å²) in [5.41, 5.74) is 0. The van der Waals surface area contributed by atoms with Crippen LogP contribution in [0.4, 0.5) is 0 Å². The van der Waals surface area contributed by atoms with Gasteiger partial charge in [0.25, 0.3) is 0 Å². The van der Waals surface area contributed by atoms with Gasteiger partial charge in [0.1, 0.15) is 0 Å². The van der Waals surface area contributed by atoms with Gasteiger partial charge in [0, 0.05) is 16.0 Å². The third kappa shape index (κ3) is 2.57. The monoisotopic (exact) mass is 218 g/mol. The van der Waals surface area contributed by atoms with E-state index >= 15 is 0 Å². The van der Waals surface area contributed by atoms with E-state index in [-0.39, 0.29) is 11.9 Å². The Labute approximate surface area is 89.6 Å². The van der Waals surface area contributed by atoms with E-state index in [4.69, 9.17) is 5.11 Å². The summed E-state index contributed by atoms with van der Waals surface area (Å²) >= 11 is 0. The molecule has 1 aliphatic heterocycles. The topological polar surface area (TPSA) is 37.3 Å². The van der Waals surface area contributed by atoms with Crippen molar-refractivity contribution in [2.24, 2.45) is 5.92 Å². The van der Waals surface area contributed by atoms with Gasteiger partial charge in [0.05, 0.1) is 11.9 Å². The Morgan fingerprint density at radius 3 is 2.57 bits per heavy atom. The number of unbranched alkanes of at least 4 members (excludes halogenated alkanes) is 3. The number of aliphatic hydroxyl groups excluding tert-OH is 1. The van der Waals surface area contributed by atoms with Gasteiger partial charge in [-0.3, -0.25) is 4.21 Å². The summed E-state index contributed by atoms with van der Waals surface area (Å²) in [6.07, 6.45) is 6.22. The quantitative estimate of drug-likeness (QED) is 0.693. The van der Waals surface area contributed by atoms with E-state index in [1.54, 1.807) is 0 Å². The fourth-order valence-electron chi connectivity index (χ4n) is 2.27. The van der Waals surface area contributed by atoms with Crippen LogP contribution in [0.15, 0.2) is 0 Å². The second-order valence-corrected chi connectivity index (χ2v) is 6.27. The van der Waals surface area contributed by atoms with E-state index in [1.807, 2.05) is 6.92 Å². The van der Waals surface area contributed by atoms with Crippen molar-refractivity contribution < 1.29 is 9.32 Å². The van der Waals surface area contributed by atoms with Crippen molar-refractivity contribution in [1.82, 2.24) is 0 Å². The van der Waals surface area contributed by atoms with E-state index in [9.17, 15) is 4.21 Å². The Kier molecular flexibility index (Phi) is 5.10. The molecule has 0 aromatic heterocycles. The van der Waals surface area contributed by atoms with Gasteiger partial charge in [-0.2, -0.15) is 0 Å².